The molecule has 250 valence electrons. The number of carbonyl (C=O) groups is 2. The third-order valence-electron chi connectivity index (χ3n) is 7.78. The van der Waals surface area contributed by atoms with Crippen LogP contribution in [-0.2, 0) is 45.0 Å². The lowest BCUT2D eigenvalue weighted by Crippen LogP contribution is -2.30. The molecule has 0 saturated heterocycles. The molecule has 0 radical (unpaired) electrons. The van der Waals surface area contributed by atoms with Crippen LogP contribution in [0.3, 0.4) is 0 Å². The third kappa shape index (κ3) is 14.2. The maximum absolute atomic E-state index is 11.9. The summed E-state index contributed by atoms with van der Waals surface area (Å²) < 4.78 is 16.0. The molecule has 4 aromatic rings. The van der Waals surface area contributed by atoms with Crippen molar-refractivity contribution < 1.29 is 23.8 Å². The molecule has 0 heterocycles. The van der Waals surface area contributed by atoms with Gasteiger partial charge in [-0.3, -0.25) is 4.90 Å². The molecule has 0 amide bonds. The molecule has 0 aliphatic heterocycles. The molecule has 1 unspecified atom stereocenters. The second-order valence-corrected chi connectivity index (χ2v) is 11.8. The van der Waals surface area contributed by atoms with Crippen molar-refractivity contribution in [2.24, 2.45) is 0 Å². The number of unbranched alkanes of at least 4 members (excludes halogenated alkanes) is 2. The Morgan fingerprint density at radius 2 is 1.45 bits per heavy atom. The Morgan fingerprint density at radius 1 is 0.809 bits per heavy atom. The van der Waals surface area contributed by atoms with Crippen LogP contribution in [0.25, 0.3) is 0 Å². The molecule has 4 aromatic carbocycles. The van der Waals surface area contributed by atoms with Gasteiger partial charge in [-0.2, -0.15) is 0 Å². The van der Waals surface area contributed by atoms with Crippen molar-refractivity contribution in [3.05, 3.63) is 142 Å². The summed E-state index contributed by atoms with van der Waals surface area (Å²) in [6.45, 7) is 5.39. The minimum atomic E-state index is -0.351. The second kappa shape index (κ2) is 21.9. The van der Waals surface area contributed by atoms with Gasteiger partial charge in [0.05, 0.1) is 25.4 Å². The highest BCUT2D eigenvalue weighted by molar-refractivity contribution is 6.30. The predicted molar refractivity (Wildman–Crippen MR) is 190 cm³/mol. The van der Waals surface area contributed by atoms with E-state index in [4.69, 9.17) is 21.1 Å². The van der Waals surface area contributed by atoms with E-state index in [1.54, 1.807) is 19.2 Å². The van der Waals surface area contributed by atoms with E-state index in [0.717, 1.165) is 61.8 Å². The van der Waals surface area contributed by atoms with E-state index in [1.807, 2.05) is 43.3 Å². The molecule has 0 saturated carbocycles. The Balaban J connectivity index is 0.00000142. The van der Waals surface area contributed by atoms with E-state index in [1.165, 1.54) is 18.2 Å². The molecular weight excluding hydrogens is 610 g/mol. The van der Waals surface area contributed by atoms with Gasteiger partial charge in [0.1, 0.15) is 6.29 Å². The Bertz CT molecular complexity index is 1440. The number of methoxy groups -OCH3 is 2. The van der Waals surface area contributed by atoms with Crippen LogP contribution >= 0.6 is 11.6 Å². The van der Waals surface area contributed by atoms with E-state index >= 15 is 0 Å². The number of benzene rings is 4. The lowest BCUT2D eigenvalue weighted by atomic mass is 10.0. The number of esters is 1. The average Bonchev–Trinajstić information content (AvgIpc) is 3.11. The first-order valence-electron chi connectivity index (χ1n) is 16.3. The fraction of sp³-hybridized carbons (Fsp3) is 0.350. The molecule has 0 aliphatic rings. The van der Waals surface area contributed by atoms with Crippen molar-refractivity contribution in [3.63, 3.8) is 0 Å². The molecule has 0 spiro atoms. The van der Waals surface area contributed by atoms with Crippen molar-refractivity contribution >= 4 is 23.9 Å². The fourth-order valence-electron chi connectivity index (χ4n) is 5.05. The maximum atomic E-state index is 11.9. The first-order valence-corrected chi connectivity index (χ1v) is 16.6. The molecule has 0 N–H and O–H groups in total. The van der Waals surface area contributed by atoms with Crippen LogP contribution in [0.2, 0.25) is 5.02 Å². The number of aryl methyl sites for hydroxylation is 2. The molecular formula is C40H48ClNO5. The van der Waals surface area contributed by atoms with E-state index in [9.17, 15) is 9.59 Å². The number of halogens is 1. The van der Waals surface area contributed by atoms with Gasteiger partial charge in [0, 0.05) is 38.2 Å². The summed E-state index contributed by atoms with van der Waals surface area (Å²) in [7, 11) is 3.06. The molecule has 4 rings (SSSR count). The molecule has 0 aromatic heterocycles. The minimum Gasteiger partial charge on any atom is -0.465 e. The topological polar surface area (TPSA) is 65.1 Å². The lowest BCUT2D eigenvalue weighted by Gasteiger charge is -2.28. The second-order valence-electron chi connectivity index (χ2n) is 11.3. The van der Waals surface area contributed by atoms with Crippen molar-refractivity contribution in [2.75, 3.05) is 33.9 Å². The van der Waals surface area contributed by atoms with Crippen LogP contribution < -0.4 is 0 Å². The van der Waals surface area contributed by atoms with E-state index in [0.29, 0.717) is 36.7 Å². The number of hydrogen-bond donors (Lipinski definition) is 0. The minimum absolute atomic E-state index is 0.211. The summed E-state index contributed by atoms with van der Waals surface area (Å²) in [6.07, 6.45) is 5.05. The summed E-state index contributed by atoms with van der Waals surface area (Å²) in [5, 5.41) is 0.671. The smallest absolute Gasteiger partial charge is 0.337 e. The monoisotopic (exact) mass is 657 g/mol. The predicted octanol–water partition coefficient (Wildman–Crippen LogP) is 8.69. The van der Waals surface area contributed by atoms with Crippen LogP contribution in [0, 0.1) is 0 Å². The summed E-state index contributed by atoms with van der Waals surface area (Å²) in [6, 6.07) is 34.6. The first kappa shape index (κ1) is 37.6. The van der Waals surface area contributed by atoms with Crippen molar-refractivity contribution in [1.29, 1.82) is 0 Å². The van der Waals surface area contributed by atoms with Crippen LogP contribution in [-0.4, -0.2) is 51.1 Å². The van der Waals surface area contributed by atoms with E-state index in [2.05, 4.69) is 64.2 Å². The van der Waals surface area contributed by atoms with Crippen LogP contribution in [0.15, 0.2) is 103 Å². The van der Waals surface area contributed by atoms with Gasteiger partial charge in [-0.25, -0.2) is 4.79 Å². The molecule has 0 fully saturated rings. The van der Waals surface area contributed by atoms with Crippen LogP contribution in [0.1, 0.15) is 70.5 Å². The number of ether oxygens (including phenoxy) is 3. The van der Waals surface area contributed by atoms with Crippen LogP contribution in [0.5, 0.6) is 0 Å². The van der Waals surface area contributed by atoms with Gasteiger partial charge in [-0.05, 0) is 91.2 Å². The van der Waals surface area contributed by atoms with Crippen LogP contribution in [0.4, 0.5) is 0 Å². The molecule has 0 aliphatic carbocycles. The summed E-state index contributed by atoms with van der Waals surface area (Å²) >= 11 is 6.39. The van der Waals surface area contributed by atoms with Gasteiger partial charge >= 0.3 is 5.97 Å². The number of rotatable bonds is 18. The quantitative estimate of drug-likeness (QED) is 0.0606. The summed E-state index contributed by atoms with van der Waals surface area (Å²) in [4.78, 5) is 25.1. The number of hydrogen-bond acceptors (Lipinski definition) is 6. The van der Waals surface area contributed by atoms with Gasteiger partial charge in [0.2, 0.25) is 0 Å². The first-order chi connectivity index (χ1) is 22.9. The Kier molecular flexibility index (Phi) is 17.5. The zero-order chi connectivity index (χ0) is 33.7. The zero-order valence-corrected chi connectivity index (χ0v) is 28.7. The van der Waals surface area contributed by atoms with Gasteiger partial charge < -0.3 is 19.0 Å². The highest BCUT2D eigenvalue weighted by Gasteiger charge is 2.19. The van der Waals surface area contributed by atoms with Gasteiger partial charge in [-0.1, -0.05) is 90.5 Å². The Labute approximate surface area is 285 Å². The number of carbonyl (C=O) groups excluding carboxylic acids is 2. The standard InChI is InChI=1S/C37H40ClNO4.C3H8O/c1-42-37(41)33-21-19-31(20-22-33)26-39(23-6-3-7-24-40)27-36(34-11-8-12-35(38)25-34)43-28-32-17-15-30(16-18-32)14-13-29-9-4-2-5-10-29;1-3-4-2/h2,4-5,8-12,15-22,24-25,36H,3,6-7,13-14,23,26-28H2,1H3;3H2,1-2H3. The van der Waals surface area contributed by atoms with Crippen molar-refractivity contribution in [2.45, 2.75) is 58.3 Å². The van der Waals surface area contributed by atoms with Gasteiger partial charge in [-0.15, -0.1) is 0 Å². The summed E-state index contributed by atoms with van der Waals surface area (Å²) in [5.74, 6) is -0.351. The Hall–Kier alpha value is -3.81. The average molecular weight is 658 g/mol. The fourth-order valence-corrected chi connectivity index (χ4v) is 5.25. The zero-order valence-electron chi connectivity index (χ0n) is 27.9. The highest BCUT2D eigenvalue weighted by Crippen LogP contribution is 2.25. The molecule has 1 atom stereocenters. The van der Waals surface area contributed by atoms with E-state index in [-0.39, 0.29) is 12.1 Å². The normalized spacial score (nSPS) is 11.4. The van der Waals surface area contributed by atoms with Crippen molar-refractivity contribution in [1.82, 2.24) is 4.90 Å². The largest absolute Gasteiger partial charge is 0.465 e. The SMILES string of the molecule is CCOC.COC(=O)c1ccc(CN(CCCCC=O)CC(OCc2ccc(CCc3ccccc3)cc2)c2cccc(Cl)c2)cc1. The highest BCUT2D eigenvalue weighted by atomic mass is 35.5. The summed E-state index contributed by atoms with van der Waals surface area (Å²) in [5.41, 5.74) is 6.39. The molecule has 0 bridgehead atoms. The van der Waals surface area contributed by atoms with Gasteiger partial charge in [0.15, 0.2) is 0 Å². The van der Waals surface area contributed by atoms with E-state index < -0.39 is 0 Å². The van der Waals surface area contributed by atoms with Crippen molar-refractivity contribution in [3.8, 4) is 0 Å². The lowest BCUT2D eigenvalue weighted by molar-refractivity contribution is -0.108. The molecule has 6 nitrogen and oxygen atoms in total. The van der Waals surface area contributed by atoms with Gasteiger partial charge in [0.25, 0.3) is 0 Å². The maximum Gasteiger partial charge on any atom is 0.337 e. The number of nitrogens with zero attached hydrogens (tertiary/aromatic N) is 1. The molecule has 47 heavy (non-hydrogen) atoms. The third-order valence-corrected chi connectivity index (χ3v) is 8.02. The number of aldehydes is 1. The Morgan fingerprint density at radius 3 is 2.06 bits per heavy atom. The molecule has 7 heteroatoms.